The van der Waals surface area contributed by atoms with Gasteiger partial charge in [-0.2, -0.15) is 0 Å². The molecule has 1 aliphatic heterocycles. The van der Waals surface area contributed by atoms with Crippen LogP contribution in [-0.4, -0.2) is 34.3 Å². The largest absolute Gasteiger partial charge is 0.299 e. The molecule has 2 amide bonds. The highest BCUT2D eigenvalue weighted by Gasteiger charge is 2.36. The van der Waals surface area contributed by atoms with Crippen molar-refractivity contribution in [1.29, 1.82) is 0 Å². The van der Waals surface area contributed by atoms with Gasteiger partial charge in [-0.05, 0) is 25.5 Å². The van der Waals surface area contributed by atoms with Crippen LogP contribution in [0.3, 0.4) is 0 Å². The third kappa shape index (κ3) is 2.85. The predicted octanol–water partition coefficient (Wildman–Crippen LogP) is 1.58. The molecule has 3 rings (SSSR count). The summed E-state index contributed by atoms with van der Waals surface area (Å²) in [5.74, 6) is -1.69. The third-order valence-corrected chi connectivity index (χ3v) is 4.43. The highest BCUT2D eigenvalue weighted by Crippen LogP contribution is 2.29. The van der Waals surface area contributed by atoms with Gasteiger partial charge in [-0.3, -0.25) is 24.6 Å². The average Bonchev–Trinajstić information content (AvgIpc) is 3.06. The monoisotopic (exact) mass is 330 g/mol. The van der Waals surface area contributed by atoms with Crippen LogP contribution in [0.2, 0.25) is 0 Å². The lowest BCUT2D eigenvalue weighted by molar-refractivity contribution is -0.118. The molecule has 8 heteroatoms. The molecular weight excluding hydrogens is 316 g/mol. The molecule has 0 bridgehead atoms. The first-order valence-corrected chi connectivity index (χ1v) is 7.90. The van der Waals surface area contributed by atoms with Gasteiger partial charge in [0.15, 0.2) is 0 Å². The average molecular weight is 330 g/mol. The Balaban J connectivity index is 1.76. The van der Waals surface area contributed by atoms with E-state index >= 15 is 0 Å². The quantitative estimate of drug-likeness (QED) is 0.859. The van der Waals surface area contributed by atoms with E-state index < -0.39 is 17.6 Å². The van der Waals surface area contributed by atoms with Gasteiger partial charge in [0.05, 0.1) is 11.3 Å². The van der Waals surface area contributed by atoms with Crippen molar-refractivity contribution < 1.29 is 14.4 Å². The highest BCUT2D eigenvalue weighted by molar-refractivity contribution is 7.15. The van der Waals surface area contributed by atoms with Crippen LogP contribution in [0.4, 0.5) is 10.8 Å². The Labute approximate surface area is 136 Å². The number of aryl methyl sites for hydroxylation is 2. The second kappa shape index (κ2) is 5.88. The molecule has 0 saturated heterocycles. The number of fused-ring (bicyclic) bond motifs is 1. The van der Waals surface area contributed by atoms with Crippen LogP contribution in [0.5, 0.6) is 0 Å². The van der Waals surface area contributed by atoms with Crippen molar-refractivity contribution in [3.8, 4) is 0 Å². The van der Waals surface area contributed by atoms with E-state index in [9.17, 15) is 14.4 Å². The molecule has 23 heavy (non-hydrogen) atoms. The molecular formula is C15H14N4O3S. The predicted molar refractivity (Wildman–Crippen MR) is 85.8 cm³/mol. The number of carbonyl (C=O) groups excluding carboxylic acids is 3. The van der Waals surface area contributed by atoms with Crippen molar-refractivity contribution in [3.63, 3.8) is 0 Å². The molecule has 1 aromatic heterocycles. The summed E-state index contributed by atoms with van der Waals surface area (Å²) >= 11 is 1.28. The summed E-state index contributed by atoms with van der Waals surface area (Å²) in [5.41, 5.74) is 1.69. The maximum Gasteiger partial charge on any atom is 0.299 e. The molecule has 0 fully saturated rings. The Morgan fingerprint density at radius 1 is 1.30 bits per heavy atom. The van der Waals surface area contributed by atoms with Crippen molar-refractivity contribution in [2.24, 2.45) is 0 Å². The van der Waals surface area contributed by atoms with Crippen LogP contribution < -0.4 is 10.2 Å². The van der Waals surface area contributed by atoms with Gasteiger partial charge in [-0.15, -0.1) is 10.2 Å². The Bertz CT molecular complexity index is 815. The van der Waals surface area contributed by atoms with Crippen molar-refractivity contribution in [3.05, 3.63) is 34.3 Å². The second-order valence-electron chi connectivity index (χ2n) is 5.14. The number of ketones is 1. The fourth-order valence-corrected chi connectivity index (χ4v) is 3.02. The van der Waals surface area contributed by atoms with Crippen molar-refractivity contribution in [1.82, 2.24) is 10.2 Å². The number of carbonyl (C=O) groups is 3. The number of benzene rings is 1. The first-order valence-electron chi connectivity index (χ1n) is 7.08. The maximum absolute atomic E-state index is 12.1. The maximum atomic E-state index is 12.1. The number of nitrogens with one attached hydrogen (secondary N) is 1. The molecule has 1 aromatic carbocycles. The van der Waals surface area contributed by atoms with Crippen LogP contribution in [0.1, 0.15) is 27.9 Å². The molecule has 2 heterocycles. The van der Waals surface area contributed by atoms with Crippen molar-refractivity contribution >= 4 is 39.8 Å². The standard InChI is InChI=1S/C15H14N4O3S/c1-3-12-17-18-15(23-12)16-11(20)7-19-10-5-4-8(2)6-9(10)13(21)14(19)22/h4-6H,3,7H2,1-2H3,(H,16,18,20). The minimum Gasteiger partial charge on any atom is -0.299 e. The minimum atomic E-state index is -0.688. The lowest BCUT2D eigenvalue weighted by Gasteiger charge is -2.15. The summed E-state index contributed by atoms with van der Waals surface area (Å²) < 4.78 is 0. The van der Waals surface area contributed by atoms with Gasteiger partial charge in [0.25, 0.3) is 11.7 Å². The van der Waals surface area contributed by atoms with Gasteiger partial charge in [0.2, 0.25) is 11.0 Å². The summed E-state index contributed by atoms with van der Waals surface area (Å²) in [4.78, 5) is 37.4. The number of amides is 2. The molecule has 7 nitrogen and oxygen atoms in total. The molecule has 0 atom stereocenters. The number of rotatable bonds is 4. The van der Waals surface area contributed by atoms with Crippen molar-refractivity contribution in [2.45, 2.75) is 20.3 Å². The molecule has 0 spiro atoms. The van der Waals surface area contributed by atoms with E-state index in [1.807, 2.05) is 13.8 Å². The molecule has 1 N–H and O–H groups in total. The number of aromatic nitrogens is 2. The number of hydrogen-bond acceptors (Lipinski definition) is 6. The highest BCUT2D eigenvalue weighted by atomic mass is 32.1. The SMILES string of the molecule is CCc1nnc(NC(=O)CN2C(=O)C(=O)c3cc(C)ccc32)s1. The van der Waals surface area contributed by atoms with Gasteiger partial charge in [-0.25, -0.2) is 0 Å². The van der Waals surface area contributed by atoms with Gasteiger partial charge in [0, 0.05) is 0 Å². The fourth-order valence-electron chi connectivity index (χ4n) is 2.32. The first-order chi connectivity index (χ1) is 11.0. The Morgan fingerprint density at radius 3 is 2.78 bits per heavy atom. The van der Waals surface area contributed by atoms with Crippen molar-refractivity contribution in [2.75, 3.05) is 16.8 Å². The Morgan fingerprint density at radius 2 is 2.09 bits per heavy atom. The molecule has 1 aliphatic rings. The molecule has 0 unspecified atom stereocenters. The zero-order valence-electron chi connectivity index (χ0n) is 12.6. The zero-order valence-corrected chi connectivity index (χ0v) is 13.4. The van der Waals surface area contributed by atoms with Crippen LogP contribution in [0, 0.1) is 6.92 Å². The molecule has 118 valence electrons. The summed E-state index contributed by atoms with van der Waals surface area (Å²) in [7, 11) is 0. The second-order valence-corrected chi connectivity index (χ2v) is 6.21. The summed E-state index contributed by atoms with van der Waals surface area (Å²) in [6, 6.07) is 5.14. The number of nitrogens with zero attached hydrogens (tertiary/aromatic N) is 3. The number of Topliss-reactive ketones (excluding diaryl/α,β-unsaturated/α-hetero) is 1. The topological polar surface area (TPSA) is 92.3 Å². The van der Waals surface area contributed by atoms with Crippen LogP contribution in [0.15, 0.2) is 18.2 Å². The van der Waals surface area contributed by atoms with Gasteiger partial charge < -0.3 is 0 Å². The van der Waals surface area contributed by atoms with E-state index in [-0.39, 0.29) is 6.54 Å². The Hall–Kier alpha value is -2.61. The van der Waals surface area contributed by atoms with E-state index in [0.717, 1.165) is 17.0 Å². The third-order valence-electron chi connectivity index (χ3n) is 3.44. The van der Waals surface area contributed by atoms with Gasteiger partial charge in [-0.1, -0.05) is 29.9 Å². The van der Waals surface area contributed by atoms with Gasteiger partial charge in [0.1, 0.15) is 11.6 Å². The molecule has 0 aliphatic carbocycles. The lowest BCUT2D eigenvalue weighted by atomic mass is 10.1. The minimum absolute atomic E-state index is 0.234. The van der Waals surface area contributed by atoms with Crippen LogP contribution in [-0.2, 0) is 16.0 Å². The van der Waals surface area contributed by atoms with Crippen LogP contribution in [0.25, 0.3) is 0 Å². The smallest absolute Gasteiger partial charge is 0.299 e. The zero-order chi connectivity index (χ0) is 16.6. The number of anilines is 2. The van der Waals surface area contributed by atoms with E-state index in [1.165, 1.54) is 16.2 Å². The Kier molecular flexibility index (Phi) is 3.91. The fraction of sp³-hybridized carbons (Fsp3) is 0.267. The lowest BCUT2D eigenvalue weighted by Crippen LogP contribution is -2.37. The summed E-state index contributed by atoms with van der Waals surface area (Å²) in [5, 5.41) is 11.6. The van der Waals surface area contributed by atoms with E-state index in [1.54, 1.807) is 18.2 Å². The summed E-state index contributed by atoms with van der Waals surface area (Å²) in [6.07, 6.45) is 0.735. The van der Waals surface area contributed by atoms with E-state index in [0.29, 0.717) is 16.4 Å². The van der Waals surface area contributed by atoms with Crippen LogP contribution >= 0.6 is 11.3 Å². The van der Waals surface area contributed by atoms with E-state index in [4.69, 9.17) is 0 Å². The molecule has 2 aromatic rings. The molecule has 0 saturated carbocycles. The van der Waals surface area contributed by atoms with Gasteiger partial charge >= 0.3 is 0 Å². The number of hydrogen-bond donors (Lipinski definition) is 1. The molecule has 0 radical (unpaired) electrons. The first kappa shape index (κ1) is 15.3. The summed E-state index contributed by atoms with van der Waals surface area (Å²) in [6.45, 7) is 3.55. The van der Waals surface area contributed by atoms with E-state index in [2.05, 4.69) is 15.5 Å². The normalized spacial score (nSPS) is 13.4.